The van der Waals surface area contributed by atoms with Gasteiger partial charge in [-0.3, -0.25) is 0 Å². The zero-order valence-electron chi connectivity index (χ0n) is 11.6. The van der Waals surface area contributed by atoms with Crippen LogP contribution in [0.5, 0.6) is 0 Å². The van der Waals surface area contributed by atoms with Gasteiger partial charge in [0.15, 0.2) is 5.65 Å². The van der Waals surface area contributed by atoms with Gasteiger partial charge in [0.05, 0.1) is 11.2 Å². The van der Waals surface area contributed by atoms with Crippen LogP contribution in [0.2, 0.25) is 0 Å². The lowest BCUT2D eigenvalue weighted by Gasteiger charge is -2.20. The van der Waals surface area contributed by atoms with Gasteiger partial charge in [-0.1, -0.05) is 6.92 Å². The van der Waals surface area contributed by atoms with Gasteiger partial charge in [0.2, 0.25) is 0 Å². The number of aryl methyl sites for hydroxylation is 3. The molecule has 0 fully saturated rings. The van der Waals surface area contributed by atoms with Gasteiger partial charge in [0.25, 0.3) is 0 Å². The number of aromatic nitrogens is 3. The average molecular weight is 231 g/mol. The summed E-state index contributed by atoms with van der Waals surface area (Å²) in [5.74, 6) is 0. The summed E-state index contributed by atoms with van der Waals surface area (Å²) in [4.78, 5) is 4.73. The van der Waals surface area contributed by atoms with Crippen molar-refractivity contribution in [2.75, 3.05) is 0 Å². The van der Waals surface area contributed by atoms with Crippen LogP contribution in [0.3, 0.4) is 0 Å². The van der Waals surface area contributed by atoms with E-state index >= 15 is 0 Å². The molecule has 0 bridgehead atoms. The quantitative estimate of drug-likeness (QED) is 0.753. The van der Waals surface area contributed by atoms with E-state index in [-0.39, 0.29) is 5.54 Å². The van der Waals surface area contributed by atoms with E-state index in [9.17, 15) is 0 Å². The van der Waals surface area contributed by atoms with Crippen LogP contribution in [0.1, 0.15) is 44.6 Å². The van der Waals surface area contributed by atoms with Gasteiger partial charge in [0.1, 0.15) is 0 Å². The molecule has 0 aliphatic heterocycles. The predicted octanol–water partition coefficient (Wildman–Crippen LogP) is 3.37. The molecular formula is C14H21N3. The van der Waals surface area contributed by atoms with E-state index in [0.29, 0.717) is 0 Å². The van der Waals surface area contributed by atoms with Crippen molar-refractivity contribution < 1.29 is 0 Å². The Morgan fingerprint density at radius 1 is 1.18 bits per heavy atom. The third-order valence-electron chi connectivity index (χ3n) is 3.15. The molecule has 0 aromatic carbocycles. The second kappa shape index (κ2) is 3.83. The predicted molar refractivity (Wildman–Crippen MR) is 71.4 cm³/mol. The molecule has 0 aliphatic carbocycles. The van der Waals surface area contributed by atoms with E-state index in [1.165, 1.54) is 10.9 Å². The van der Waals surface area contributed by atoms with E-state index in [4.69, 9.17) is 4.98 Å². The first-order valence-electron chi connectivity index (χ1n) is 6.21. The molecule has 0 amide bonds. The molecule has 0 radical (unpaired) electrons. The summed E-state index contributed by atoms with van der Waals surface area (Å²) in [5.41, 5.74) is 4.47. The molecule has 2 rings (SSSR count). The van der Waals surface area contributed by atoms with E-state index in [0.717, 1.165) is 23.5 Å². The molecule has 2 aromatic heterocycles. The van der Waals surface area contributed by atoms with Crippen LogP contribution < -0.4 is 0 Å². The zero-order valence-corrected chi connectivity index (χ0v) is 11.6. The van der Waals surface area contributed by atoms with Crippen LogP contribution in [-0.4, -0.2) is 14.8 Å². The molecule has 2 aromatic rings. The van der Waals surface area contributed by atoms with Crippen LogP contribution in [-0.2, 0) is 12.0 Å². The molecule has 3 heteroatoms. The van der Waals surface area contributed by atoms with E-state index in [2.05, 4.69) is 52.7 Å². The van der Waals surface area contributed by atoms with E-state index in [1.54, 1.807) is 0 Å². The first-order valence-corrected chi connectivity index (χ1v) is 6.21. The van der Waals surface area contributed by atoms with Crippen molar-refractivity contribution >= 4 is 11.0 Å². The van der Waals surface area contributed by atoms with Crippen molar-refractivity contribution in [3.05, 3.63) is 23.0 Å². The minimum atomic E-state index is -0.0281. The highest BCUT2D eigenvalue weighted by molar-refractivity contribution is 5.79. The highest BCUT2D eigenvalue weighted by Gasteiger charge is 2.20. The van der Waals surface area contributed by atoms with E-state index < -0.39 is 0 Å². The molecule has 3 nitrogen and oxygen atoms in total. The molecule has 0 unspecified atom stereocenters. The van der Waals surface area contributed by atoms with E-state index in [1.807, 2.05) is 4.68 Å². The monoisotopic (exact) mass is 231 g/mol. The minimum Gasteiger partial charge on any atom is -0.242 e. The fourth-order valence-corrected chi connectivity index (χ4v) is 2.14. The minimum absolute atomic E-state index is 0.0281. The standard InChI is InChI=1S/C14H21N3/c1-7-11-8-12-10(3)16-17(14(4,5)6)13(12)15-9(11)2/h8H,7H2,1-6H3. The Morgan fingerprint density at radius 3 is 2.35 bits per heavy atom. The average Bonchev–Trinajstić information content (AvgIpc) is 2.54. The third-order valence-corrected chi connectivity index (χ3v) is 3.15. The van der Waals surface area contributed by atoms with Gasteiger partial charge >= 0.3 is 0 Å². The lowest BCUT2D eigenvalue weighted by atomic mass is 10.1. The van der Waals surface area contributed by atoms with Gasteiger partial charge in [-0.05, 0) is 52.7 Å². The lowest BCUT2D eigenvalue weighted by Crippen LogP contribution is -2.23. The smallest absolute Gasteiger partial charge is 0.158 e. The third kappa shape index (κ3) is 1.94. The van der Waals surface area contributed by atoms with Crippen molar-refractivity contribution in [2.24, 2.45) is 0 Å². The topological polar surface area (TPSA) is 30.7 Å². The first kappa shape index (κ1) is 12.1. The summed E-state index contributed by atoms with van der Waals surface area (Å²) in [6, 6.07) is 2.24. The van der Waals surface area contributed by atoms with Crippen LogP contribution in [0.25, 0.3) is 11.0 Å². The highest BCUT2D eigenvalue weighted by atomic mass is 15.3. The Labute approximate surface area is 103 Å². The summed E-state index contributed by atoms with van der Waals surface area (Å²) in [7, 11) is 0. The first-order chi connectivity index (χ1) is 7.84. The molecular weight excluding hydrogens is 210 g/mol. The molecule has 0 aliphatic rings. The molecule has 0 spiro atoms. The second-order valence-electron chi connectivity index (χ2n) is 5.63. The maximum absolute atomic E-state index is 4.73. The zero-order chi connectivity index (χ0) is 12.8. The Kier molecular flexibility index (Phi) is 2.72. The molecule has 0 saturated heterocycles. The number of rotatable bonds is 1. The largest absolute Gasteiger partial charge is 0.242 e. The van der Waals surface area contributed by atoms with Crippen LogP contribution >= 0.6 is 0 Å². The summed E-state index contributed by atoms with van der Waals surface area (Å²) < 4.78 is 2.03. The molecule has 2 heterocycles. The van der Waals surface area contributed by atoms with Crippen molar-refractivity contribution in [1.82, 2.24) is 14.8 Å². The fourth-order valence-electron chi connectivity index (χ4n) is 2.14. The molecule has 17 heavy (non-hydrogen) atoms. The second-order valence-corrected chi connectivity index (χ2v) is 5.63. The SMILES string of the molecule is CCc1cc2c(C)nn(C(C)(C)C)c2nc1C. The highest BCUT2D eigenvalue weighted by Crippen LogP contribution is 2.25. The molecule has 0 saturated carbocycles. The van der Waals surface area contributed by atoms with Crippen molar-refractivity contribution in [3.63, 3.8) is 0 Å². The van der Waals surface area contributed by atoms with Crippen molar-refractivity contribution in [2.45, 2.75) is 53.5 Å². The van der Waals surface area contributed by atoms with Crippen molar-refractivity contribution in [3.8, 4) is 0 Å². The summed E-state index contributed by atoms with van der Waals surface area (Å²) in [6.45, 7) is 12.8. The Morgan fingerprint density at radius 2 is 1.82 bits per heavy atom. The Hall–Kier alpha value is -1.38. The van der Waals surface area contributed by atoms with Crippen LogP contribution in [0.15, 0.2) is 6.07 Å². The molecule has 92 valence electrons. The summed E-state index contributed by atoms with van der Waals surface area (Å²) in [6.07, 6.45) is 1.02. The van der Waals surface area contributed by atoms with Crippen LogP contribution in [0, 0.1) is 13.8 Å². The van der Waals surface area contributed by atoms with Crippen LogP contribution in [0.4, 0.5) is 0 Å². The maximum atomic E-state index is 4.73. The lowest BCUT2D eigenvalue weighted by molar-refractivity contribution is 0.364. The van der Waals surface area contributed by atoms with Gasteiger partial charge in [-0.2, -0.15) is 5.10 Å². The van der Waals surface area contributed by atoms with Gasteiger partial charge in [0, 0.05) is 11.1 Å². The summed E-state index contributed by atoms with van der Waals surface area (Å²) >= 11 is 0. The van der Waals surface area contributed by atoms with Gasteiger partial charge in [-0.25, -0.2) is 9.67 Å². The Bertz CT molecular complexity index is 559. The number of pyridine rings is 1. The van der Waals surface area contributed by atoms with Crippen molar-refractivity contribution in [1.29, 1.82) is 0 Å². The van der Waals surface area contributed by atoms with Gasteiger partial charge < -0.3 is 0 Å². The molecule has 0 N–H and O–H groups in total. The normalized spacial score (nSPS) is 12.4. The number of fused-ring (bicyclic) bond motifs is 1. The summed E-state index contributed by atoms with van der Waals surface area (Å²) in [5, 5.41) is 5.81. The number of nitrogens with zero attached hydrogens (tertiary/aromatic N) is 3. The molecule has 0 atom stereocenters. The Balaban J connectivity index is 2.79. The number of hydrogen-bond donors (Lipinski definition) is 0. The maximum Gasteiger partial charge on any atom is 0.158 e. The van der Waals surface area contributed by atoms with Gasteiger partial charge in [-0.15, -0.1) is 0 Å². The number of hydrogen-bond acceptors (Lipinski definition) is 2. The fraction of sp³-hybridized carbons (Fsp3) is 0.571.